The molecule has 23 heavy (non-hydrogen) atoms. The van der Waals surface area contributed by atoms with Crippen LogP contribution in [0.3, 0.4) is 0 Å². The number of hydrogen-bond donors (Lipinski definition) is 1. The maximum absolute atomic E-state index is 13.5. The Hall–Kier alpha value is -2.58. The summed E-state index contributed by atoms with van der Waals surface area (Å²) in [5, 5.41) is 3.34. The van der Waals surface area contributed by atoms with E-state index in [0.29, 0.717) is 5.56 Å². The third-order valence-corrected chi connectivity index (χ3v) is 2.74. The van der Waals surface area contributed by atoms with Crippen LogP contribution in [0, 0.1) is 23.3 Å². The van der Waals surface area contributed by atoms with E-state index < -0.39 is 40.7 Å². The molecule has 0 bridgehead atoms. The number of nitrogens with one attached hydrogen (secondary N) is 1. The number of hydrazone groups is 1. The third-order valence-electron chi connectivity index (χ3n) is 2.74. The second kappa shape index (κ2) is 6.27. The van der Waals surface area contributed by atoms with Gasteiger partial charge in [0.15, 0.2) is 23.3 Å². The molecule has 2 aromatic carbocycles. The first-order valence-corrected chi connectivity index (χ1v) is 6.00. The molecule has 0 aliphatic rings. The lowest BCUT2D eigenvalue weighted by Gasteiger charge is -2.13. The summed E-state index contributed by atoms with van der Waals surface area (Å²) in [6.07, 6.45) is -4.52. The van der Waals surface area contributed by atoms with Crippen LogP contribution in [0.15, 0.2) is 35.4 Å². The lowest BCUT2D eigenvalue weighted by atomic mass is 10.1. The smallest absolute Gasteiger partial charge is 0.272 e. The molecule has 0 radical (unpaired) electrons. The number of alkyl halides is 3. The normalized spacial score (nSPS) is 12.0. The maximum atomic E-state index is 13.5. The van der Waals surface area contributed by atoms with Crippen LogP contribution in [-0.4, -0.2) is 6.21 Å². The Balaban J connectivity index is 2.39. The van der Waals surface area contributed by atoms with Crippen molar-refractivity contribution in [2.75, 3.05) is 5.43 Å². The van der Waals surface area contributed by atoms with Crippen LogP contribution >= 0.6 is 0 Å². The minimum absolute atomic E-state index is 0.480. The molecule has 0 amide bonds. The van der Waals surface area contributed by atoms with Gasteiger partial charge in [0.05, 0.1) is 6.21 Å². The van der Waals surface area contributed by atoms with Crippen molar-refractivity contribution in [2.24, 2.45) is 5.10 Å². The van der Waals surface area contributed by atoms with Gasteiger partial charge in [0.25, 0.3) is 0 Å². The molecule has 9 heteroatoms. The number of anilines is 1. The van der Waals surface area contributed by atoms with Gasteiger partial charge in [-0.15, -0.1) is 0 Å². The predicted molar refractivity (Wildman–Crippen MR) is 68.9 cm³/mol. The van der Waals surface area contributed by atoms with E-state index in [-0.39, 0.29) is 0 Å². The van der Waals surface area contributed by atoms with Crippen molar-refractivity contribution in [3.05, 3.63) is 64.7 Å². The summed E-state index contributed by atoms with van der Waals surface area (Å²) in [4.78, 5) is 0. The van der Waals surface area contributed by atoms with Crippen molar-refractivity contribution >= 4 is 11.9 Å². The molecule has 0 aromatic heterocycles. The molecule has 0 saturated carbocycles. The first-order chi connectivity index (χ1) is 10.7. The predicted octanol–water partition coefficient (Wildman–Crippen LogP) is 4.71. The Morgan fingerprint density at radius 1 is 0.826 bits per heavy atom. The second-order valence-corrected chi connectivity index (χ2v) is 4.28. The van der Waals surface area contributed by atoms with Crippen LogP contribution in [-0.2, 0) is 6.18 Å². The SMILES string of the molecule is Fc1c(F)c(C(F)(F)F)c(F)c(F)c1N/N=C/c1ccccc1. The molecule has 2 rings (SSSR count). The molecule has 0 spiro atoms. The zero-order valence-electron chi connectivity index (χ0n) is 11.1. The van der Waals surface area contributed by atoms with Crippen LogP contribution in [0.5, 0.6) is 0 Å². The minimum Gasteiger partial charge on any atom is -0.272 e. The van der Waals surface area contributed by atoms with Crippen molar-refractivity contribution in [3.8, 4) is 0 Å². The number of nitrogens with zero attached hydrogens (tertiary/aromatic N) is 1. The van der Waals surface area contributed by atoms with Gasteiger partial charge in [-0.25, -0.2) is 17.6 Å². The summed E-state index contributed by atoms with van der Waals surface area (Å²) in [6, 6.07) is 8.06. The molecule has 0 fully saturated rings. The van der Waals surface area contributed by atoms with E-state index in [2.05, 4.69) is 5.10 Å². The van der Waals surface area contributed by atoms with E-state index in [4.69, 9.17) is 0 Å². The molecule has 0 aliphatic carbocycles. The monoisotopic (exact) mass is 336 g/mol. The van der Waals surface area contributed by atoms with Gasteiger partial charge in [0.1, 0.15) is 11.3 Å². The molecule has 122 valence electrons. The molecule has 0 saturated heterocycles. The highest BCUT2D eigenvalue weighted by Crippen LogP contribution is 2.38. The number of rotatable bonds is 3. The first kappa shape index (κ1) is 16.8. The number of halogens is 7. The minimum atomic E-state index is -5.58. The molecular formula is C14H7F7N2. The van der Waals surface area contributed by atoms with Crippen molar-refractivity contribution in [1.82, 2.24) is 0 Å². The largest absolute Gasteiger partial charge is 0.422 e. The van der Waals surface area contributed by atoms with Gasteiger partial charge in [-0.1, -0.05) is 30.3 Å². The fourth-order valence-electron chi connectivity index (χ4n) is 1.69. The Morgan fingerprint density at radius 2 is 1.35 bits per heavy atom. The highest BCUT2D eigenvalue weighted by Gasteiger charge is 2.42. The fourth-order valence-corrected chi connectivity index (χ4v) is 1.69. The quantitative estimate of drug-likeness (QED) is 0.373. The summed E-state index contributed by atoms with van der Waals surface area (Å²) in [7, 11) is 0. The Kier molecular flexibility index (Phi) is 4.57. The Labute approximate surface area is 125 Å². The van der Waals surface area contributed by atoms with Gasteiger partial charge in [-0.05, 0) is 5.56 Å². The maximum Gasteiger partial charge on any atom is 0.422 e. The van der Waals surface area contributed by atoms with E-state index in [9.17, 15) is 30.7 Å². The average Bonchev–Trinajstić information content (AvgIpc) is 2.48. The molecule has 0 atom stereocenters. The highest BCUT2D eigenvalue weighted by atomic mass is 19.4. The zero-order chi connectivity index (χ0) is 17.2. The van der Waals surface area contributed by atoms with Gasteiger partial charge in [0, 0.05) is 0 Å². The first-order valence-electron chi connectivity index (χ1n) is 6.00. The van der Waals surface area contributed by atoms with Crippen molar-refractivity contribution in [2.45, 2.75) is 6.18 Å². The van der Waals surface area contributed by atoms with Crippen LogP contribution in [0.25, 0.3) is 0 Å². The number of hydrogen-bond acceptors (Lipinski definition) is 2. The molecule has 1 N–H and O–H groups in total. The highest BCUT2D eigenvalue weighted by molar-refractivity contribution is 5.80. The molecular weight excluding hydrogens is 329 g/mol. The molecule has 2 aromatic rings. The zero-order valence-corrected chi connectivity index (χ0v) is 11.1. The van der Waals surface area contributed by atoms with Crippen molar-refractivity contribution in [3.63, 3.8) is 0 Å². The summed E-state index contributed by atoms with van der Waals surface area (Å²) in [5.41, 5.74) is -1.95. The van der Waals surface area contributed by atoms with Gasteiger partial charge < -0.3 is 0 Å². The van der Waals surface area contributed by atoms with Crippen LogP contribution < -0.4 is 5.43 Å². The van der Waals surface area contributed by atoms with Crippen LogP contribution in [0.1, 0.15) is 11.1 Å². The number of benzene rings is 2. The van der Waals surface area contributed by atoms with E-state index in [0.717, 1.165) is 6.21 Å². The van der Waals surface area contributed by atoms with Gasteiger partial charge in [-0.2, -0.15) is 18.3 Å². The average molecular weight is 336 g/mol. The second-order valence-electron chi connectivity index (χ2n) is 4.28. The van der Waals surface area contributed by atoms with Crippen molar-refractivity contribution in [1.29, 1.82) is 0 Å². The molecule has 0 unspecified atom stereocenters. The van der Waals surface area contributed by atoms with E-state index in [1.807, 2.05) is 0 Å². The standard InChI is InChI=1S/C14H7F7N2/c15-9-8(14(19,20)21)10(16)12(18)13(11(9)17)23-22-6-7-4-2-1-3-5-7/h1-6,23H/b22-6+. The van der Waals surface area contributed by atoms with Crippen LogP contribution in [0.4, 0.5) is 36.4 Å². The Morgan fingerprint density at radius 3 is 1.83 bits per heavy atom. The van der Waals surface area contributed by atoms with E-state index in [1.54, 1.807) is 35.8 Å². The van der Waals surface area contributed by atoms with Gasteiger partial charge in [0.2, 0.25) is 0 Å². The summed E-state index contributed by atoms with van der Waals surface area (Å²) in [5.74, 6) is -9.54. The van der Waals surface area contributed by atoms with Crippen LogP contribution in [0.2, 0.25) is 0 Å². The van der Waals surface area contributed by atoms with E-state index >= 15 is 0 Å². The summed E-state index contributed by atoms with van der Waals surface area (Å²) in [6.45, 7) is 0. The molecule has 2 nitrogen and oxygen atoms in total. The third kappa shape index (κ3) is 3.43. The molecule has 0 heterocycles. The van der Waals surface area contributed by atoms with Gasteiger partial charge >= 0.3 is 6.18 Å². The van der Waals surface area contributed by atoms with E-state index in [1.165, 1.54) is 0 Å². The lowest BCUT2D eigenvalue weighted by Crippen LogP contribution is -2.16. The summed E-state index contributed by atoms with van der Waals surface area (Å²) >= 11 is 0. The summed E-state index contributed by atoms with van der Waals surface area (Å²) < 4.78 is 91.0. The fraction of sp³-hybridized carbons (Fsp3) is 0.0714. The lowest BCUT2D eigenvalue weighted by molar-refractivity contribution is -0.143. The topological polar surface area (TPSA) is 24.4 Å². The van der Waals surface area contributed by atoms with Gasteiger partial charge in [-0.3, -0.25) is 5.43 Å². The Bertz CT molecular complexity index is 710. The van der Waals surface area contributed by atoms with Crippen molar-refractivity contribution < 1.29 is 30.7 Å². The molecule has 0 aliphatic heterocycles.